The van der Waals surface area contributed by atoms with Crippen molar-refractivity contribution in [2.45, 2.75) is 0 Å². The van der Waals surface area contributed by atoms with Crippen LogP contribution in [-0.2, 0) is 0 Å². The molecule has 0 bridgehead atoms. The zero-order valence-corrected chi connectivity index (χ0v) is 9.56. The van der Waals surface area contributed by atoms with Gasteiger partial charge in [-0.15, -0.1) is 0 Å². The largest absolute Gasteiger partial charge is 0.427 e. The summed E-state index contributed by atoms with van der Waals surface area (Å²) in [5, 5.41) is 20.8. The van der Waals surface area contributed by atoms with Gasteiger partial charge in [0.1, 0.15) is 0 Å². The molecule has 0 radical (unpaired) electrons. The highest BCUT2D eigenvalue weighted by Gasteiger charge is 2.20. The second-order valence-corrected chi connectivity index (χ2v) is 4.03. The summed E-state index contributed by atoms with van der Waals surface area (Å²) in [4.78, 5) is 22.3. The topological polar surface area (TPSA) is 91.3 Å². The third kappa shape index (κ3) is 1.52. The van der Waals surface area contributed by atoms with Crippen molar-refractivity contribution in [2.75, 3.05) is 0 Å². The molecule has 0 unspecified atom stereocenters. The molecule has 1 aromatic heterocycles. The van der Waals surface area contributed by atoms with Crippen LogP contribution in [0.5, 0.6) is 0 Å². The van der Waals surface area contributed by atoms with Crippen LogP contribution in [0.2, 0.25) is 0 Å². The van der Waals surface area contributed by atoms with Crippen LogP contribution in [0.3, 0.4) is 0 Å². The molecule has 3 aromatic rings. The molecule has 19 heavy (non-hydrogen) atoms. The third-order valence-electron chi connectivity index (χ3n) is 2.95. The zero-order chi connectivity index (χ0) is 13.6. The molecule has 0 aliphatic heterocycles. The predicted octanol–water partition coefficient (Wildman–Crippen LogP) is 1.85. The summed E-state index contributed by atoms with van der Waals surface area (Å²) in [6.45, 7) is 0. The molecule has 0 aliphatic rings. The van der Waals surface area contributed by atoms with Gasteiger partial charge in [0.05, 0.1) is 15.4 Å². The van der Waals surface area contributed by atoms with Gasteiger partial charge in [-0.25, -0.2) is 0 Å². The van der Waals surface area contributed by atoms with Gasteiger partial charge in [-0.1, -0.05) is 12.1 Å². The van der Waals surface area contributed by atoms with E-state index in [2.05, 4.69) is 0 Å². The summed E-state index contributed by atoms with van der Waals surface area (Å²) in [6.07, 6.45) is 0. The fourth-order valence-corrected chi connectivity index (χ4v) is 2.04. The van der Waals surface area contributed by atoms with Crippen molar-refractivity contribution in [3.05, 3.63) is 57.5 Å². The maximum atomic E-state index is 12.1. The lowest BCUT2D eigenvalue weighted by atomic mass is 10.2. The Labute approximate surface area is 105 Å². The first kappa shape index (κ1) is 11.1. The number of nitrogens with zero attached hydrogens (tertiary/aromatic N) is 3. The molecule has 3 rings (SSSR count). The monoisotopic (exact) mass is 258 g/mol. The Balaban J connectivity index is 2.56. The fraction of sp³-hybridized carbons (Fsp3) is 0. The van der Waals surface area contributed by atoms with Crippen LogP contribution in [0, 0.1) is 15.0 Å². The lowest BCUT2D eigenvalue weighted by molar-refractivity contribution is -0.433. The van der Waals surface area contributed by atoms with Gasteiger partial charge in [-0.05, 0) is 6.07 Å². The third-order valence-corrected chi connectivity index (χ3v) is 2.95. The van der Waals surface area contributed by atoms with Gasteiger partial charge in [0, 0.05) is 23.1 Å². The molecule has 1 N–H and O–H groups in total. The molecule has 2 aromatic carbocycles. The van der Waals surface area contributed by atoms with Crippen molar-refractivity contribution in [3.8, 4) is 0 Å². The fourth-order valence-electron chi connectivity index (χ4n) is 2.04. The van der Waals surface area contributed by atoms with E-state index >= 15 is 0 Å². The minimum Gasteiger partial charge on any atom is -0.427 e. The number of nitro groups is 1. The van der Waals surface area contributed by atoms with E-state index in [0.29, 0.717) is 4.43 Å². The molecule has 0 atom stereocenters. The second kappa shape index (κ2) is 3.77. The Bertz CT molecular complexity index is 885. The SMILES string of the molecule is O=[N+]([O-])c1ccc2c(c1)n(O)c1ccccc1[n+]2=O. The van der Waals surface area contributed by atoms with E-state index < -0.39 is 4.92 Å². The first-order valence-electron chi connectivity index (χ1n) is 5.43. The summed E-state index contributed by atoms with van der Waals surface area (Å²) < 4.78 is 1.42. The summed E-state index contributed by atoms with van der Waals surface area (Å²) in [5.74, 6) is 0. The smallest absolute Gasteiger partial charge is 0.291 e. The number of nitro benzene ring substituents is 1. The highest BCUT2D eigenvalue weighted by molar-refractivity contribution is 5.83. The Hall–Kier alpha value is -2.96. The van der Waals surface area contributed by atoms with E-state index in [1.165, 1.54) is 12.1 Å². The minimum absolute atomic E-state index is 0.0860. The van der Waals surface area contributed by atoms with Crippen LogP contribution >= 0.6 is 0 Å². The highest BCUT2D eigenvalue weighted by Crippen LogP contribution is 2.21. The predicted molar refractivity (Wildman–Crippen MR) is 66.6 cm³/mol. The summed E-state index contributed by atoms with van der Waals surface area (Å²) in [7, 11) is 0. The molecule has 0 fully saturated rings. The Kier molecular flexibility index (Phi) is 2.21. The van der Waals surface area contributed by atoms with E-state index in [0.717, 1.165) is 10.8 Å². The highest BCUT2D eigenvalue weighted by atomic mass is 16.6. The van der Waals surface area contributed by atoms with Gasteiger partial charge in [-0.2, -0.15) is 4.73 Å². The van der Waals surface area contributed by atoms with Crippen molar-refractivity contribution < 1.29 is 14.6 Å². The number of aromatic nitrogens is 2. The van der Waals surface area contributed by atoms with Gasteiger partial charge in [0.2, 0.25) is 0 Å². The van der Waals surface area contributed by atoms with Gasteiger partial charge < -0.3 is 5.21 Å². The van der Waals surface area contributed by atoms with Crippen LogP contribution < -0.4 is 4.43 Å². The maximum absolute atomic E-state index is 12.1. The summed E-state index contributed by atoms with van der Waals surface area (Å²) in [5.41, 5.74) is 0.622. The normalized spacial score (nSPS) is 10.9. The van der Waals surface area contributed by atoms with Crippen LogP contribution in [0.25, 0.3) is 22.1 Å². The van der Waals surface area contributed by atoms with Crippen molar-refractivity contribution >= 4 is 27.8 Å². The number of fused-ring (bicyclic) bond motifs is 2. The van der Waals surface area contributed by atoms with Gasteiger partial charge >= 0.3 is 0 Å². The quantitative estimate of drug-likeness (QED) is 0.237. The maximum Gasteiger partial charge on any atom is 0.291 e. The number of benzene rings is 2. The van der Waals surface area contributed by atoms with Crippen LogP contribution in [-0.4, -0.2) is 14.9 Å². The lowest BCUT2D eigenvalue weighted by Crippen LogP contribution is -2.20. The van der Waals surface area contributed by atoms with Crippen molar-refractivity contribution in [1.82, 2.24) is 4.73 Å². The molecule has 0 saturated carbocycles. The molecule has 0 aliphatic carbocycles. The van der Waals surface area contributed by atoms with E-state index in [1.54, 1.807) is 24.3 Å². The lowest BCUT2D eigenvalue weighted by Gasteiger charge is -2.02. The number of para-hydroxylation sites is 2. The zero-order valence-electron chi connectivity index (χ0n) is 9.56. The van der Waals surface area contributed by atoms with Gasteiger partial charge in [0.15, 0.2) is 11.0 Å². The first-order valence-corrected chi connectivity index (χ1v) is 5.43. The van der Waals surface area contributed by atoms with E-state index in [9.17, 15) is 20.2 Å². The molecular weight excluding hydrogens is 250 g/mol. The Morgan fingerprint density at radius 3 is 2.53 bits per heavy atom. The summed E-state index contributed by atoms with van der Waals surface area (Å²) in [6, 6.07) is 10.2. The standard InChI is InChI=1S/C12H8N3O4/c16-13-9-3-1-2-4-10(9)14(17)12-7-8(15(18)19)5-6-11(12)13/h1-7,17H/q+1. The second-order valence-electron chi connectivity index (χ2n) is 4.03. The molecule has 0 amide bonds. The van der Waals surface area contributed by atoms with Crippen LogP contribution in [0.4, 0.5) is 5.69 Å². The average molecular weight is 258 g/mol. The number of rotatable bonds is 1. The molecule has 94 valence electrons. The van der Waals surface area contributed by atoms with Crippen LogP contribution in [0.1, 0.15) is 0 Å². The molecule has 7 heteroatoms. The molecule has 0 saturated heterocycles. The van der Waals surface area contributed by atoms with Crippen LogP contribution in [0.15, 0.2) is 42.5 Å². The van der Waals surface area contributed by atoms with Gasteiger partial charge in [-0.3, -0.25) is 10.1 Å². The Morgan fingerprint density at radius 1 is 1.11 bits per heavy atom. The van der Waals surface area contributed by atoms with Gasteiger partial charge in [0.25, 0.3) is 16.7 Å². The molecule has 0 spiro atoms. The van der Waals surface area contributed by atoms with E-state index in [4.69, 9.17) is 0 Å². The number of hydrogen-bond donors (Lipinski definition) is 1. The first-order chi connectivity index (χ1) is 9.09. The van der Waals surface area contributed by atoms with Crippen molar-refractivity contribution in [2.24, 2.45) is 0 Å². The number of non-ortho nitro benzene ring substituents is 1. The van der Waals surface area contributed by atoms with Crippen molar-refractivity contribution in [3.63, 3.8) is 0 Å². The van der Waals surface area contributed by atoms with E-state index in [1.807, 2.05) is 0 Å². The molecule has 7 nitrogen and oxygen atoms in total. The Morgan fingerprint density at radius 2 is 1.79 bits per heavy atom. The number of hydrogen-bond acceptors (Lipinski definition) is 4. The molecular formula is C12H8N3O4+. The molecule has 1 heterocycles. The minimum atomic E-state index is -0.580. The van der Waals surface area contributed by atoms with E-state index in [-0.39, 0.29) is 27.8 Å². The average Bonchev–Trinajstić information content (AvgIpc) is 2.44. The summed E-state index contributed by atoms with van der Waals surface area (Å²) >= 11 is 0. The van der Waals surface area contributed by atoms with Crippen molar-refractivity contribution in [1.29, 1.82) is 0 Å².